The highest BCUT2D eigenvalue weighted by atomic mass is 32.2. The van der Waals surface area contributed by atoms with E-state index >= 15 is 0 Å². The molecule has 0 spiro atoms. The van der Waals surface area contributed by atoms with Crippen molar-refractivity contribution in [2.75, 3.05) is 30.8 Å². The van der Waals surface area contributed by atoms with E-state index in [2.05, 4.69) is 15.0 Å². The van der Waals surface area contributed by atoms with Crippen LogP contribution >= 0.6 is 0 Å². The number of sulfonamides is 1. The fourth-order valence-electron chi connectivity index (χ4n) is 3.32. The first-order chi connectivity index (χ1) is 13.5. The molecule has 1 fully saturated rings. The number of fused-ring (bicyclic) bond motifs is 1. The molecule has 150 valence electrons. The van der Waals surface area contributed by atoms with Crippen molar-refractivity contribution < 1.29 is 22.4 Å². The van der Waals surface area contributed by atoms with Crippen molar-refractivity contribution in [2.24, 2.45) is 5.92 Å². The van der Waals surface area contributed by atoms with Crippen LogP contribution in [0.5, 0.6) is 5.75 Å². The predicted octanol–water partition coefficient (Wildman–Crippen LogP) is 2.25. The summed E-state index contributed by atoms with van der Waals surface area (Å²) >= 11 is 0. The summed E-state index contributed by atoms with van der Waals surface area (Å²) in [4.78, 5) is 0. The number of rotatable bonds is 8. The molecule has 2 aromatic heterocycles. The van der Waals surface area contributed by atoms with Crippen LogP contribution in [0.25, 0.3) is 11.0 Å². The molecular formula is C18H22N4O5S. The Bertz CT molecular complexity index is 1040. The summed E-state index contributed by atoms with van der Waals surface area (Å²) in [7, 11) is -2.03. The fourth-order valence-corrected chi connectivity index (χ4v) is 4.50. The van der Waals surface area contributed by atoms with Gasteiger partial charge in [0.25, 0.3) is 0 Å². The molecule has 1 aliphatic rings. The highest BCUT2D eigenvalue weighted by molar-refractivity contribution is 7.92. The summed E-state index contributed by atoms with van der Waals surface area (Å²) in [5.74, 6) is 0.919. The van der Waals surface area contributed by atoms with E-state index < -0.39 is 10.0 Å². The summed E-state index contributed by atoms with van der Waals surface area (Å²) in [5, 5.41) is 8.60. The molecule has 1 atom stereocenters. The topological polar surface area (TPSA) is 108 Å². The van der Waals surface area contributed by atoms with Gasteiger partial charge >= 0.3 is 0 Å². The lowest BCUT2D eigenvalue weighted by molar-refractivity contribution is 0.185. The monoisotopic (exact) mass is 406 g/mol. The smallest absolute Gasteiger partial charge is 0.233 e. The first-order valence-electron chi connectivity index (χ1n) is 9.06. The van der Waals surface area contributed by atoms with E-state index in [-0.39, 0.29) is 17.5 Å². The molecule has 9 nitrogen and oxygen atoms in total. The summed E-state index contributed by atoms with van der Waals surface area (Å²) in [6, 6.07) is 5.48. The summed E-state index contributed by atoms with van der Waals surface area (Å²) in [6.07, 6.45) is 5.01. The average molecular weight is 406 g/mol. The normalized spacial score (nSPS) is 17.2. The molecule has 0 saturated carbocycles. The second-order valence-corrected chi connectivity index (χ2v) is 8.69. The molecular weight excluding hydrogens is 384 g/mol. The molecule has 0 bridgehead atoms. The van der Waals surface area contributed by atoms with E-state index in [1.165, 1.54) is 7.11 Å². The van der Waals surface area contributed by atoms with Gasteiger partial charge in [-0.25, -0.2) is 8.42 Å². The molecule has 0 radical (unpaired) electrons. The number of ether oxygens (including phenoxy) is 2. The van der Waals surface area contributed by atoms with Gasteiger partial charge in [0.05, 0.1) is 19.4 Å². The molecule has 1 N–H and O–H groups in total. The van der Waals surface area contributed by atoms with Gasteiger partial charge in [-0.05, 0) is 42.5 Å². The van der Waals surface area contributed by atoms with Gasteiger partial charge in [0.1, 0.15) is 11.1 Å². The van der Waals surface area contributed by atoms with Gasteiger partial charge in [-0.1, -0.05) is 5.16 Å². The molecule has 0 amide bonds. The van der Waals surface area contributed by atoms with E-state index in [4.69, 9.17) is 14.0 Å². The minimum Gasteiger partial charge on any atom is -0.496 e. The van der Waals surface area contributed by atoms with Crippen molar-refractivity contribution >= 4 is 26.8 Å². The van der Waals surface area contributed by atoms with Gasteiger partial charge < -0.3 is 14.0 Å². The summed E-state index contributed by atoms with van der Waals surface area (Å²) in [6.45, 7) is 1.85. The third-order valence-corrected chi connectivity index (χ3v) is 6.07. The summed E-state index contributed by atoms with van der Waals surface area (Å²) < 4.78 is 45.4. The Labute approximate surface area is 162 Å². The van der Waals surface area contributed by atoms with Crippen molar-refractivity contribution in [2.45, 2.75) is 19.4 Å². The maximum atomic E-state index is 12.5. The van der Waals surface area contributed by atoms with Crippen LogP contribution in [0.4, 0.5) is 5.82 Å². The van der Waals surface area contributed by atoms with Crippen molar-refractivity contribution in [3.05, 3.63) is 36.2 Å². The van der Waals surface area contributed by atoms with Crippen LogP contribution in [0, 0.1) is 5.92 Å². The Morgan fingerprint density at radius 3 is 3.00 bits per heavy atom. The third kappa shape index (κ3) is 4.12. The molecule has 3 heterocycles. The van der Waals surface area contributed by atoms with Crippen molar-refractivity contribution in [1.82, 2.24) is 14.9 Å². The second-order valence-electron chi connectivity index (χ2n) is 6.85. The lowest BCUT2D eigenvalue weighted by Gasteiger charge is -2.10. The van der Waals surface area contributed by atoms with Crippen LogP contribution < -0.4 is 9.46 Å². The molecule has 28 heavy (non-hydrogen) atoms. The standard InChI is InChI=1S/C18H22N4O5S/c1-25-15-9-14(11-22-6-2-5-19-22)10-16-17(15)18(20-27-16)21-28(23,24)8-4-13-3-7-26-12-13/h2,5-6,9-10,13H,3-4,7-8,11-12H2,1H3,(H,20,21). The number of aromatic nitrogens is 3. The van der Waals surface area contributed by atoms with E-state index in [1.807, 2.05) is 18.3 Å². The number of hydrogen-bond donors (Lipinski definition) is 1. The van der Waals surface area contributed by atoms with Gasteiger partial charge in [0.15, 0.2) is 11.4 Å². The predicted molar refractivity (Wildman–Crippen MR) is 103 cm³/mol. The van der Waals surface area contributed by atoms with Crippen LogP contribution in [-0.4, -0.2) is 49.4 Å². The van der Waals surface area contributed by atoms with E-state index in [1.54, 1.807) is 16.9 Å². The van der Waals surface area contributed by atoms with Gasteiger partial charge in [-0.2, -0.15) is 5.10 Å². The molecule has 1 aliphatic heterocycles. The Morgan fingerprint density at radius 2 is 2.29 bits per heavy atom. The van der Waals surface area contributed by atoms with Gasteiger partial charge in [0, 0.05) is 25.6 Å². The van der Waals surface area contributed by atoms with E-state index in [9.17, 15) is 8.42 Å². The first kappa shape index (κ1) is 18.8. The first-order valence-corrected chi connectivity index (χ1v) is 10.7. The summed E-state index contributed by atoms with van der Waals surface area (Å²) in [5.41, 5.74) is 1.35. The Hall–Kier alpha value is -2.59. The van der Waals surface area contributed by atoms with Crippen LogP contribution in [0.1, 0.15) is 18.4 Å². The van der Waals surface area contributed by atoms with Gasteiger partial charge in [-0.3, -0.25) is 9.40 Å². The van der Waals surface area contributed by atoms with Gasteiger partial charge in [0.2, 0.25) is 10.0 Å². The molecule has 4 rings (SSSR count). The molecule has 1 unspecified atom stereocenters. The third-order valence-electron chi connectivity index (χ3n) is 4.79. The number of benzene rings is 1. The lowest BCUT2D eigenvalue weighted by atomic mass is 10.1. The maximum absolute atomic E-state index is 12.5. The van der Waals surface area contributed by atoms with Crippen molar-refractivity contribution in [3.63, 3.8) is 0 Å². The molecule has 10 heteroatoms. The number of anilines is 1. The van der Waals surface area contributed by atoms with Crippen molar-refractivity contribution in [3.8, 4) is 5.75 Å². The maximum Gasteiger partial charge on any atom is 0.233 e. The number of hydrogen-bond acceptors (Lipinski definition) is 7. The zero-order valence-corrected chi connectivity index (χ0v) is 16.3. The van der Waals surface area contributed by atoms with Crippen LogP contribution in [0.15, 0.2) is 35.1 Å². The number of nitrogens with one attached hydrogen (secondary N) is 1. The molecule has 1 aromatic carbocycles. The average Bonchev–Trinajstić information content (AvgIpc) is 3.42. The largest absolute Gasteiger partial charge is 0.496 e. The molecule has 3 aromatic rings. The SMILES string of the molecule is COc1cc(Cn2cccn2)cc2onc(NS(=O)(=O)CCC3CCOC3)c12. The molecule has 1 saturated heterocycles. The Balaban J connectivity index is 1.55. The Morgan fingerprint density at radius 1 is 1.39 bits per heavy atom. The fraction of sp³-hybridized carbons (Fsp3) is 0.444. The van der Waals surface area contributed by atoms with Gasteiger partial charge in [-0.15, -0.1) is 0 Å². The van der Waals surface area contributed by atoms with E-state index in [0.717, 1.165) is 12.0 Å². The van der Waals surface area contributed by atoms with Crippen molar-refractivity contribution in [1.29, 1.82) is 0 Å². The number of methoxy groups -OCH3 is 1. The highest BCUT2D eigenvalue weighted by Crippen LogP contribution is 2.34. The quantitative estimate of drug-likeness (QED) is 0.611. The minimum atomic E-state index is -3.56. The zero-order valence-electron chi connectivity index (χ0n) is 15.5. The minimum absolute atomic E-state index is 0.00901. The zero-order chi connectivity index (χ0) is 19.6. The molecule has 0 aliphatic carbocycles. The number of nitrogens with zero attached hydrogens (tertiary/aromatic N) is 3. The lowest BCUT2D eigenvalue weighted by Crippen LogP contribution is -2.19. The Kier molecular flexibility index (Phi) is 5.23. The van der Waals surface area contributed by atoms with Crippen LogP contribution in [-0.2, 0) is 21.3 Å². The van der Waals surface area contributed by atoms with Crippen LogP contribution in [0.2, 0.25) is 0 Å². The van der Waals surface area contributed by atoms with E-state index in [0.29, 0.717) is 42.9 Å². The van der Waals surface area contributed by atoms with Crippen LogP contribution in [0.3, 0.4) is 0 Å². The highest BCUT2D eigenvalue weighted by Gasteiger charge is 2.23. The second kappa shape index (κ2) is 7.80.